The molecule has 1 aromatic heterocycles. The molecule has 0 saturated carbocycles. The minimum atomic E-state index is -1.10. The van der Waals surface area contributed by atoms with Crippen LogP contribution >= 0.6 is 24.0 Å². The third-order valence-electron chi connectivity index (χ3n) is 2.65. The van der Waals surface area contributed by atoms with E-state index in [1.807, 2.05) is 0 Å². The molecular weight excluding hydrogens is 281 g/mol. The molecule has 0 aliphatic carbocycles. The maximum Gasteiger partial charge on any atom is 0.218 e. The van der Waals surface area contributed by atoms with Gasteiger partial charge in [0, 0.05) is 5.75 Å². The molecule has 17 heavy (non-hydrogen) atoms. The highest BCUT2D eigenvalue weighted by Crippen LogP contribution is 2.15. The molecule has 0 amide bonds. The Hall–Kier alpha value is -0.230. The Morgan fingerprint density at radius 3 is 2.53 bits per heavy atom. The quantitative estimate of drug-likeness (QED) is 0.862. The molecule has 7 heteroatoms. The lowest BCUT2D eigenvalue weighted by atomic mass is 10.0. The van der Waals surface area contributed by atoms with E-state index in [0.717, 1.165) is 25.9 Å². The van der Waals surface area contributed by atoms with E-state index >= 15 is 0 Å². The van der Waals surface area contributed by atoms with E-state index in [9.17, 15) is 4.21 Å². The van der Waals surface area contributed by atoms with Gasteiger partial charge in [-0.1, -0.05) is 11.6 Å². The fraction of sp³-hybridized carbons (Fsp3) is 0.600. The van der Waals surface area contributed by atoms with Crippen LogP contribution in [-0.2, 0) is 10.8 Å². The van der Waals surface area contributed by atoms with Crippen LogP contribution in [-0.4, -0.2) is 33.0 Å². The van der Waals surface area contributed by atoms with Crippen LogP contribution in [0.1, 0.15) is 12.8 Å². The first-order valence-corrected chi connectivity index (χ1v) is 7.02. The molecule has 1 atom stereocenters. The molecule has 4 nitrogen and oxygen atoms in total. The van der Waals surface area contributed by atoms with Crippen molar-refractivity contribution in [2.24, 2.45) is 5.92 Å². The normalized spacial score (nSPS) is 18.4. The Morgan fingerprint density at radius 2 is 1.94 bits per heavy atom. The van der Waals surface area contributed by atoms with Gasteiger partial charge < -0.3 is 5.32 Å². The van der Waals surface area contributed by atoms with E-state index in [-0.39, 0.29) is 12.4 Å². The smallest absolute Gasteiger partial charge is 0.218 e. The van der Waals surface area contributed by atoms with Gasteiger partial charge in [0.05, 0.1) is 28.2 Å². The van der Waals surface area contributed by atoms with E-state index in [1.165, 1.54) is 12.4 Å². The molecule has 1 saturated heterocycles. The number of piperidine rings is 1. The number of hydrogen-bond donors (Lipinski definition) is 1. The Balaban J connectivity index is 0.00000144. The summed E-state index contributed by atoms with van der Waals surface area (Å²) in [7, 11) is -1.10. The third kappa shape index (κ3) is 4.50. The van der Waals surface area contributed by atoms with Crippen LogP contribution in [0, 0.1) is 5.92 Å². The van der Waals surface area contributed by atoms with Crippen molar-refractivity contribution in [3.8, 4) is 0 Å². The van der Waals surface area contributed by atoms with E-state index < -0.39 is 10.8 Å². The van der Waals surface area contributed by atoms with Crippen molar-refractivity contribution in [1.29, 1.82) is 0 Å². The van der Waals surface area contributed by atoms with Crippen LogP contribution < -0.4 is 5.32 Å². The Morgan fingerprint density at radius 1 is 1.35 bits per heavy atom. The predicted molar refractivity (Wildman–Crippen MR) is 71.2 cm³/mol. The van der Waals surface area contributed by atoms with Crippen molar-refractivity contribution in [1.82, 2.24) is 15.3 Å². The molecule has 1 aliphatic rings. The molecule has 1 N–H and O–H groups in total. The van der Waals surface area contributed by atoms with E-state index in [0.29, 0.717) is 21.8 Å². The Kier molecular flexibility index (Phi) is 6.33. The molecule has 0 spiro atoms. The lowest BCUT2D eigenvalue weighted by molar-refractivity contribution is 0.405. The van der Waals surface area contributed by atoms with Crippen molar-refractivity contribution in [2.45, 2.75) is 18.0 Å². The van der Waals surface area contributed by atoms with Crippen LogP contribution in [0.3, 0.4) is 0 Å². The number of aromatic nitrogens is 2. The van der Waals surface area contributed by atoms with Gasteiger partial charge in [-0.3, -0.25) is 4.21 Å². The number of nitrogens with zero attached hydrogens (tertiary/aromatic N) is 2. The molecule has 1 fully saturated rings. The second-order valence-corrected chi connectivity index (χ2v) is 5.72. The molecule has 2 rings (SSSR count). The van der Waals surface area contributed by atoms with Gasteiger partial charge in [0.1, 0.15) is 0 Å². The Labute approximate surface area is 114 Å². The summed E-state index contributed by atoms with van der Waals surface area (Å²) in [4.78, 5) is 7.97. The topological polar surface area (TPSA) is 54.9 Å². The Bertz CT molecular complexity index is 368. The lowest BCUT2D eigenvalue weighted by Gasteiger charge is -2.21. The first kappa shape index (κ1) is 14.8. The van der Waals surface area contributed by atoms with Crippen LogP contribution in [0.25, 0.3) is 0 Å². The van der Waals surface area contributed by atoms with Gasteiger partial charge in [0.2, 0.25) is 5.16 Å². The summed E-state index contributed by atoms with van der Waals surface area (Å²) in [5, 5.41) is 4.15. The van der Waals surface area contributed by atoms with Crippen LogP contribution in [0.5, 0.6) is 0 Å². The molecule has 0 radical (unpaired) electrons. The molecule has 2 heterocycles. The maximum atomic E-state index is 11.9. The average Bonchev–Trinajstić information content (AvgIpc) is 2.31. The zero-order valence-electron chi connectivity index (χ0n) is 9.26. The minimum Gasteiger partial charge on any atom is -0.317 e. The second-order valence-electron chi connectivity index (χ2n) is 3.89. The van der Waals surface area contributed by atoms with Gasteiger partial charge in [0.15, 0.2) is 0 Å². The van der Waals surface area contributed by atoms with Crippen LogP contribution in [0.2, 0.25) is 5.02 Å². The zero-order valence-corrected chi connectivity index (χ0v) is 11.7. The van der Waals surface area contributed by atoms with E-state index in [4.69, 9.17) is 11.6 Å². The molecule has 96 valence electrons. The average molecular weight is 296 g/mol. The highest BCUT2D eigenvalue weighted by atomic mass is 35.5. The van der Waals surface area contributed by atoms with Crippen LogP contribution in [0.4, 0.5) is 0 Å². The summed E-state index contributed by atoms with van der Waals surface area (Å²) < 4.78 is 11.9. The summed E-state index contributed by atoms with van der Waals surface area (Å²) in [6.45, 7) is 2.03. The predicted octanol–water partition coefficient (Wildman–Crippen LogP) is 1.66. The van der Waals surface area contributed by atoms with Gasteiger partial charge >= 0.3 is 0 Å². The number of nitrogens with one attached hydrogen (secondary N) is 1. The van der Waals surface area contributed by atoms with Crippen molar-refractivity contribution >= 4 is 34.8 Å². The molecule has 1 aliphatic heterocycles. The second kappa shape index (κ2) is 7.26. The first-order chi connectivity index (χ1) is 7.75. The van der Waals surface area contributed by atoms with Gasteiger partial charge in [0.25, 0.3) is 0 Å². The molecule has 1 unspecified atom stereocenters. The monoisotopic (exact) mass is 295 g/mol. The number of rotatable bonds is 3. The van der Waals surface area contributed by atoms with Gasteiger partial charge in [-0.2, -0.15) is 0 Å². The maximum absolute atomic E-state index is 11.9. The number of hydrogen-bond acceptors (Lipinski definition) is 4. The molecule has 0 bridgehead atoms. The molecule has 1 aromatic rings. The number of halogens is 2. The van der Waals surface area contributed by atoms with Crippen molar-refractivity contribution in [3.63, 3.8) is 0 Å². The third-order valence-corrected chi connectivity index (χ3v) is 4.23. The van der Waals surface area contributed by atoms with Crippen LogP contribution in [0.15, 0.2) is 17.6 Å². The SMILES string of the molecule is Cl.O=S(CC1CCNCC1)c1ncc(Cl)cn1. The summed E-state index contributed by atoms with van der Waals surface area (Å²) in [6, 6.07) is 0. The fourth-order valence-corrected chi connectivity index (χ4v) is 3.10. The summed E-state index contributed by atoms with van der Waals surface area (Å²) in [5.41, 5.74) is 0. The largest absolute Gasteiger partial charge is 0.317 e. The van der Waals surface area contributed by atoms with Crippen molar-refractivity contribution in [2.75, 3.05) is 18.8 Å². The minimum absolute atomic E-state index is 0. The summed E-state index contributed by atoms with van der Waals surface area (Å²) in [5.74, 6) is 1.17. The van der Waals surface area contributed by atoms with Gasteiger partial charge in [-0.25, -0.2) is 9.97 Å². The highest BCUT2D eigenvalue weighted by Gasteiger charge is 2.18. The molecular formula is C10H15Cl2N3OS. The lowest BCUT2D eigenvalue weighted by Crippen LogP contribution is -2.30. The fourth-order valence-electron chi connectivity index (χ4n) is 1.75. The first-order valence-electron chi connectivity index (χ1n) is 5.32. The highest BCUT2D eigenvalue weighted by molar-refractivity contribution is 7.84. The van der Waals surface area contributed by atoms with E-state index in [1.54, 1.807) is 0 Å². The standard InChI is InChI=1S/C10H14ClN3OS.ClH/c11-9-5-13-10(14-6-9)16(15)7-8-1-3-12-4-2-8;/h5-6,8,12H,1-4,7H2;1H. The van der Waals surface area contributed by atoms with Gasteiger partial charge in [-0.05, 0) is 31.8 Å². The van der Waals surface area contributed by atoms with Crippen molar-refractivity contribution < 1.29 is 4.21 Å². The van der Waals surface area contributed by atoms with Crippen molar-refractivity contribution in [3.05, 3.63) is 17.4 Å². The summed E-state index contributed by atoms with van der Waals surface area (Å²) >= 11 is 5.68. The zero-order chi connectivity index (χ0) is 11.4. The molecule has 0 aromatic carbocycles. The van der Waals surface area contributed by atoms with E-state index in [2.05, 4.69) is 15.3 Å². The van der Waals surface area contributed by atoms with Gasteiger partial charge in [-0.15, -0.1) is 12.4 Å². The summed E-state index contributed by atoms with van der Waals surface area (Å²) in [6.07, 6.45) is 5.15.